The molecule has 1 aliphatic heterocycles. The Morgan fingerprint density at radius 1 is 1.19 bits per heavy atom. The first-order valence-electron chi connectivity index (χ1n) is 10.2. The molecule has 0 unspecified atom stereocenters. The fourth-order valence-electron chi connectivity index (χ4n) is 3.48. The molecule has 0 saturated heterocycles. The fourth-order valence-corrected chi connectivity index (χ4v) is 4.57. The van der Waals surface area contributed by atoms with E-state index in [0.29, 0.717) is 24.3 Å². The van der Waals surface area contributed by atoms with Gasteiger partial charge in [0.05, 0.1) is 18.3 Å². The zero-order chi connectivity index (χ0) is 22.2. The number of fused-ring (bicyclic) bond motifs is 1. The lowest BCUT2D eigenvalue weighted by Gasteiger charge is -2.27. The van der Waals surface area contributed by atoms with E-state index in [1.54, 1.807) is 19.1 Å². The minimum atomic E-state index is -1.10. The number of nitrogens with zero attached hydrogens (tertiary/aromatic N) is 1. The van der Waals surface area contributed by atoms with Crippen molar-refractivity contribution in [1.29, 1.82) is 0 Å². The van der Waals surface area contributed by atoms with Gasteiger partial charge in [0.2, 0.25) is 5.91 Å². The highest BCUT2D eigenvalue weighted by Crippen LogP contribution is 2.34. The number of carboxylic acid groups (broad SMARTS) is 1. The number of hydrogen-bond acceptors (Lipinski definition) is 6. The van der Waals surface area contributed by atoms with E-state index >= 15 is 0 Å². The van der Waals surface area contributed by atoms with Crippen molar-refractivity contribution >= 4 is 35.3 Å². The molecule has 8 heteroatoms. The summed E-state index contributed by atoms with van der Waals surface area (Å²) in [6.45, 7) is 1.54. The summed E-state index contributed by atoms with van der Waals surface area (Å²) in [5.74, 6) is -1.50. The molecule has 0 fully saturated rings. The number of carboxylic acids is 1. The molecule has 0 aliphatic carbocycles. The van der Waals surface area contributed by atoms with Gasteiger partial charge in [0, 0.05) is 10.6 Å². The summed E-state index contributed by atoms with van der Waals surface area (Å²) in [5, 5.41) is 12.5. The lowest BCUT2D eigenvalue weighted by Crippen LogP contribution is -2.54. The van der Waals surface area contributed by atoms with Crippen LogP contribution in [0.5, 0.6) is 0 Å². The van der Waals surface area contributed by atoms with Gasteiger partial charge < -0.3 is 9.84 Å². The van der Waals surface area contributed by atoms with E-state index in [0.717, 1.165) is 10.5 Å². The van der Waals surface area contributed by atoms with Gasteiger partial charge in [0.15, 0.2) is 0 Å². The SMILES string of the molecule is CCOC(=O)[C@@H](CCc1ccccc1)N[C@H]1CSc2ccccc2N(CC(=O)O)C1=O. The molecule has 3 rings (SSSR count). The zero-order valence-electron chi connectivity index (χ0n) is 17.3. The number of carbonyl (C=O) groups is 3. The van der Waals surface area contributed by atoms with Crippen molar-refractivity contribution in [3.8, 4) is 0 Å². The van der Waals surface area contributed by atoms with Crippen molar-refractivity contribution in [1.82, 2.24) is 5.32 Å². The van der Waals surface area contributed by atoms with E-state index in [1.807, 2.05) is 42.5 Å². The number of rotatable bonds is 9. The first-order valence-corrected chi connectivity index (χ1v) is 11.2. The van der Waals surface area contributed by atoms with Crippen molar-refractivity contribution in [3.63, 3.8) is 0 Å². The lowest BCUT2D eigenvalue weighted by molar-refractivity contribution is -0.146. The molecular weight excluding hydrogens is 416 g/mol. The summed E-state index contributed by atoms with van der Waals surface area (Å²) in [7, 11) is 0. The molecule has 0 bridgehead atoms. The molecule has 2 aromatic rings. The molecule has 0 saturated carbocycles. The molecule has 0 radical (unpaired) electrons. The highest BCUT2D eigenvalue weighted by atomic mass is 32.2. The van der Waals surface area contributed by atoms with Gasteiger partial charge in [-0.1, -0.05) is 42.5 Å². The molecule has 164 valence electrons. The van der Waals surface area contributed by atoms with Gasteiger partial charge in [-0.25, -0.2) is 0 Å². The number of aliphatic carboxylic acids is 1. The summed E-state index contributed by atoms with van der Waals surface area (Å²) in [6, 6.07) is 15.6. The van der Waals surface area contributed by atoms with Crippen molar-refractivity contribution < 1.29 is 24.2 Å². The van der Waals surface area contributed by atoms with Crippen LogP contribution in [-0.4, -0.2) is 53.9 Å². The van der Waals surface area contributed by atoms with Gasteiger partial charge in [0.25, 0.3) is 0 Å². The molecule has 2 aromatic carbocycles. The van der Waals surface area contributed by atoms with Gasteiger partial charge in [-0.2, -0.15) is 0 Å². The molecule has 2 atom stereocenters. The predicted octanol–water partition coefficient (Wildman–Crippen LogP) is 2.73. The van der Waals surface area contributed by atoms with Gasteiger partial charge in [0.1, 0.15) is 12.6 Å². The second-order valence-electron chi connectivity index (χ2n) is 7.15. The van der Waals surface area contributed by atoms with E-state index in [4.69, 9.17) is 4.74 Å². The molecule has 2 N–H and O–H groups in total. The molecule has 1 aliphatic rings. The Kier molecular flexibility index (Phi) is 8.08. The molecular formula is C23H26N2O5S. The average Bonchev–Trinajstić information content (AvgIpc) is 2.89. The number of benzene rings is 2. The number of anilines is 1. The van der Waals surface area contributed by atoms with E-state index in [1.165, 1.54) is 16.7 Å². The second-order valence-corrected chi connectivity index (χ2v) is 8.21. The van der Waals surface area contributed by atoms with E-state index in [9.17, 15) is 19.5 Å². The summed E-state index contributed by atoms with van der Waals surface area (Å²) in [5.41, 5.74) is 1.65. The first-order chi connectivity index (χ1) is 15.0. The number of carbonyl (C=O) groups excluding carboxylic acids is 2. The second kappa shape index (κ2) is 11.0. The number of para-hydroxylation sites is 1. The Balaban J connectivity index is 1.79. The third-order valence-corrected chi connectivity index (χ3v) is 6.11. The maximum Gasteiger partial charge on any atom is 0.323 e. The van der Waals surface area contributed by atoms with Crippen LogP contribution in [0.15, 0.2) is 59.5 Å². The van der Waals surface area contributed by atoms with E-state index in [2.05, 4.69) is 5.32 Å². The molecule has 1 heterocycles. The maximum atomic E-state index is 13.3. The molecule has 0 spiro atoms. The number of amides is 1. The van der Waals surface area contributed by atoms with Crippen LogP contribution in [0.1, 0.15) is 18.9 Å². The molecule has 7 nitrogen and oxygen atoms in total. The number of hydrogen-bond donors (Lipinski definition) is 2. The van der Waals surface area contributed by atoms with Gasteiger partial charge >= 0.3 is 11.9 Å². The van der Waals surface area contributed by atoms with Crippen LogP contribution in [0.4, 0.5) is 5.69 Å². The number of nitrogens with one attached hydrogen (secondary N) is 1. The Morgan fingerprint density at radius 3 is 2.61 bits per heavy atom. The predicted molar refractivity (Wildman–Crippen MR) is 119 cm³/mol. The zero-order valence-corrected chi connectivity index (χ0v) is 18.1. The normalized spacial score (nSPS) is 16.9. The van der Waals surface area contributed by atoms with Crippen LogP contribution >= 0.6 is 11.8 Å². The summed E-state index contributed by atoms with van der Waals surface area (Å²) in [6.07, 6.45) is 1.10. The standard InChI is InChI=1S/C23H26N2O5S/c1-2-30-23(29)17(13-12-16-8-4-3-5-9-16)24-18-15-31-20-11-7-6-10-19(20)25(22(18)28)14-21(26)27/h3-11,17-18,24H,2,12-15H2,1H3,(H,26,27)/t17-,18+/m1/s1. The summed E-state index contributed by atoms with van der Waals surface area (Å²) < 4.78 is 5.23. The van der Waals surface area contributed by atoms with Gasteiger partial charge in [-0.05, 0) is 37.5 Å². The summed E-state index contributed by atoms with van der Waals surface area (Å²) >= 11 is 1.46. The quantitative estimate of drug-likeness (QED) is 0.577. The van der Waals surface area contributed by atoms with Crippen LogP contribution in [-0.2, 0) is 25.5 Å². The van der Waals surface area contributed by atoms with Crippen molar-refractivity contribution in [2.24, 2.45) is 0 Å². The summed E-state index contributed by atoms with van der Waals surface area (Å²) in [4.78, 5) is 39.4. The smallest absolute Gasteiger partial charge is 0.323 e. The highest BCUT2D eigenvalue weighted by Gasteiger charge is 2.34. The largest absolute Gasteiger partial charge is 0.480 e. The molecule has 0 aromatic heterocycles. The Labute approximate surface area is 185 Å². The fraction of sp³-hybridized carbons (Fsp3) is 0.348. The van der Waals surface area contributed by atoms with Crippen LogP contribution in [0.2, 0.25) is 0 Å². The topological polar surface area (TPSA) is 95.9 Å². The third-order valence-electron chi connectivity index (χ3n) is 4.96. The van der Waals surface area contributed by atoms with Crippen LogP contribution in [0.3, 0.4) is 0 Å². The van der Waals surface area contributed by atoms with Crippen LogP contribution in [0.25, 0.3) is 0 Å². The van der Waals surface area contributed by atoms with Crippen molar-refractivity contribution in [2.75, 3.05) is 23.8 Å². The lowest BCUT2D eigenvalue weighted by atomic mass is 10.0. The minimum Gasteiger partial charge on any atom is -0.480 e. The van der Waals surface area contributed by atoms with Crippen molar-refractivity contribution in [2.45, 2.75) is 36.7 Å². The van der Waals surface area contributed by atoms with E-state index < -0.39 is 30.6 Å². The number of esters is 1. The Hall–Kier alpha value is -2.84. The van der Waals surface area contributed by atoms with Gasteiger partial charge in [-0.15, -0.1) is 11.8 Å². The Morgan fingerprint density at radius 2 is 1.90 bits per heavy atom. The maximum absolute atomic E-state index is 13.3. The van der Waals surface area contributed by atoms with Crippen LogP contribution < -0.4 is 10.2 Å². The monoisotopic (exact) mass is 442 g/mol. The number of aryl methyl sites for hydroxylation is 1. The minimum absolute atomic E-state index is 0.242. The van der Waals surface area contributed by atoms with Crippen LogP contribution in [0, 0.1) is 0 Å². The highest BCUT2D eigenvalue weighted by molar-refractivity contribution is 7.99. The Bertz CT molecular complexity index is 921. The molecule has 1 amide bonds. The first kappa shape index (κ1) is 22.8. The molecule has 31 heavy (non-hydrogen) atoms. The third kappa shape index (κ3) is 6.08. The van der Waals surface area contributed by atoms with Gasteiger partial charge in [-0.3, -0.25) is 24.6 Å². The number of ether oxygens (including phenoxy) is 1. The van der Waals surface area contributed by atoms with E-state index in [-0.39, 0.29) is 12.5 Å². The number of thioether (sulfide) groups is 1. The average molecular weight is 443 g/mol. The van der Waals surface area contributed by atoms with Crippen molar-refractivity contribution in [3.05, 3.63) is 60.2 Å².